The highest BCUT2D eigenvalue weighted by molar-refractivity contribution is 5.70. The van der Waals surface area contributed by atoms with E-state index in [1.165, 1.54) is 12.1 Å². The summed E-state index contributed by atoms with van der Waals surface area (Å²) in [6.07, 6.45) is 0.646. The minimum absolute atomic E-state index is 0.0325. The second-order valence-electron chi connectivity index (χ2n) is 4.62. The molecule has 1 fully saturated rings. The number of hydrogen-bond donors (Lipinski definition) is 2. The van der Waals surface area contributed by atoms with Gasteiger partial charge in [-0.3, -0.25) is 9.69 Å². The van der Waals surface area contributed by atoms with Crippen molar-refractivity contribution < 1.29 is 14.3 Å². The van der Waals surface area contributed by atoms with Gasteiger partial charge in [-0.05, 0) is 30.7 Å². The van der Waals surface area contributed by atoms with Crippen molar-refractivity contribution in [3.63, 3.8) is 0 Å². The number of carboxylic acid groups (broad SMARTS) is 1. The number of aliphatic carboxylic acids is 1. The molecule has 4 nitrogen and oxygen atoms in total. The molecule has 18 heavy (non-hydrogen) atoms. The van der Waals surface area contributed by atoms with Gasteiger partial charge in [-0.25, -0.2) is 4.39 Å². The third kappa shape index (κ3) is 2.68. The monoisotopic (exact) mass is 252 g/mol. The zero-order chi connectivity index (χ0) is 13.1. The van der Waals surface area contributed by atoms with Gasteiger partial charge in [-0.15, -0.1) is 0 Å². The summed E-state index contributed by atoms with van der Waals surface area (Å²) in [6, 6.07) is 6.20. The summed E-state index contributed by atoms with van der Waals surface area (Å²) in [5.74, 6) is -1.36. The van der Waals surface area contributed by atoms with Gasteiger partial charge in [0.1, 0.15) is 5.82 Å². The molecule has 0 radical (unpaired) electrons. The van der Waals surface area contributed by atoms with Gasteiger partial charge in [0.25, 0.3) is 0 Å². The van der Waals surface area contributed by atoms with E-state index in [4.69, 9.17) is 10.8 Å². The zero-order valence-electron chi connectivity index (χ0n) is 10.1. The first-order valence-electron chi connectivity index (χ1n) is 6.04. The number of carboxylic acids is 1. The van der Waals surface area contributed by atoms with Gasteiger partial charge >= 0.3 is 5.97 Å². The molecule has 0 amide bonds. The quantitative estimate of drug-likeness (QED) is 0.846. The van der Waals surface area contributed by atoms with Crippen LogP contribution in [0.15, 0.2) is 24.3 Å². The molecule has 0 aromatic heterocycles. The zero-order valence-corrected chi connectivity index (χ0v) is 10.1. The van der Waals surface area contributed by atoms with Crippen LogP contribution in [0.5, 0.6) is 0 Å². The summed E-state index contributed by atoms with van der Waals surface area (Å²) < 4.78 is 12.9. The molecule has 1 aliphatic heterocycles. The lowest BCUT2D eigenvalue weighted by Crippen LogP contribution is -2.32. The Balaban J connectivity index is 2.10. The van der Waals surface area contributed by atoms with Crippen LogP contribution in [-0.2, 0) is 4.79 Å². The Morgan fingerprint density at radius 1 is 1.50 bits per heavy atom. The minimum atomic E-state index is -0.757. The fraction of sp³-hybridized carbons (Fsp3) is 0.462. The first kappa shape index (κ1) is 13.0. The number of likely N-dealkylation sites (tertiary alicyclic amines) is 1. The summed E-state index contributed by atoms with van der Waals surface area (Å²) in [7, 11) is 0. The van der Waals surface area contributed by atoms with Crippen LogP contribution in [0.3, 0.4) is 0 Å². The Labute approximate surface area is 105 Å². The molecule has 0 spiro atoms. The Hall–Kier alpha value is -1.46. The SMILES string of the molecule is NC[C@@H](c1ccc(F)cc1)N1CC[C@H](C(=O)O)C1. The van der Waals surface area contributed by atoms with Crippen LogP contribution in [0.1, 0.15) is 18.0 Å². The normalized spacial score (nSPS) is 22.0. The van der Waals surface area contributed by atoms with E-state index in [0.29, 0.717) is 19.5 Å². The van der Waals surface area contributed by atoms with Crippen LogP contribution in [-0.4, -0.2) is 35.6 Å². The van der Waals surface area contributed by atoms with Crippen molar-refractivity contribution in [2.45, 2.75) is 12.5 Å². The predicted molar refractivity (Wildman–Crippen MR) is 65.5 cm³/mol. The van der Waals surface area contributed by atoms with Gasteiger partial charge in [0.15, 0.2) is 0 Å². The second-order valence-corrected chi connectivity index (χ2v) is 4.62. The summed E-state index contributed by atoms with van der Waals surface area (Å²) in [5.41, 5.74) is 6.70. The lowest BCUT2D eigenvalue weighted by Gasteiger charge is -2.26. The first-order valence-corrected chi connectivity index (χ1v) is 6.04. The molecule has 0 saturated carbocycles. The molecule has 2 atom stereocenters. The second kappa shape index (κ2) is 5.46. The minimum Gasteiger partial charge on any atom is -0.481 e. The maximum atomic E-state index is 12.9. The number of benzene rings is 1. The molecule has 0 aliphatic carbocycles. The van der Waals surface area contributed by atoms with Gasteiger partial charge in [0, 0.05) is 19.1 Å². The third-order valence-electron chi connectivity index (χ3n) is 3.49. The van der Waals surface area contributed by atoms with E-state index in [2.05, 4.69) is 4.90 Å². The Kier molecular flexibility index (Phi) is 3.93. The highest BCUT2D eigenvalue weighted by Gasteiger charge is 2.32. The maximum Gasteiger partial charge on any atom is 0.307 e. The van der Waals surface area contributed by atoms with Gasteiger partial charge in [-0.2, -0.15) is 0 Å². The Bertz CT molecular complexity index is 422. The molecule has 1 heterocycles. The van der Waals surface area contributed by atoms with Crippen molar-refractivity contribution in [3.05, 3.63) is 35.6 Å². The molecule has 1 aliphatic rings. The van der Waals surface area contributed by atoms with E-state index in [-0.39, 0.29) is 17.8 Å². The molecule has 98 valence electrons. The molecular formula is C13H17FN2O2. The van der Waals surface area contributed by atoms with Crippen molar-refractivity contribution in [3.8, 4) is 0 Å². The number of nitrogens with two attached hydrogens (primary N) is 1. The lowest BCUT2D eigenvalue weighted by molar-refractivity contribution is -0.141. The van der Waals surface area contributed by atoms with E-state index in [0.717, 1.165) is 12.1 Å². The number of rotatable bonds is 4. The molecule has 3 N–H and O–H groups in total. The van der Waals surface area contributed by atoms with Crippen LogP contribution in [0, 0.1) is 11.7 Å². The Morgan fingerprint density at radius 2 is 2.17 bits per heavy atom. The van der Waals surface area contributed by atoms with Crippen molar-refractivity contribution in [2.75, 3.05) is 19.6 Å². The van der Waals surface area contributed by atoms with Crippen molar-refractivity contribution in [1.29, 1.82) is 0 Å². The predicted octanol–water partition coefficient (Wildman–Crippen LogP) is 1.23. The molecule has 0 unspecified atom stereocenters. The average molecular weight is 252 g/mol. The molecule has 0 bridgehead atoms. The highest BCUT2D eigenvalue weighted by atomic mass is 19.1. The van der Waals surface area contributed by atoms with E-state index in [1.807, 2.05) is 0 Å². The standard InChI is InChI=1S/C13H17FN2O2/c14-11-3-1-9(2-4-11)12(7-15)16-6-5-10(8-16)13(17)18/h1-4,10,12H,5-8,15H2,(H,17,18)/t10-,12-/m0/s1. The fourth-order valence-corrected chi connectivity index (χ4v) is 2.45. The van der Waals surface area contributed by atoms with E-state index in [1.54, 1.807) is 12.1 Å². The number of halogens is 1. The average Bonchev–Trinajstić information content (AvgIpc) is 2.82. The number of hydrogen-bond acceptors (Lipinski definition) is 3. The van der Waals surface area contributed by atoms with Crippen LogP contribution in [0.2, 0.25) is 0 Å². The maximum absolute atomic E-state index is 12.9. The summed E-state index contributed by atoms with van der Waals surface area (Å²) in [4.78, 5) is 13.0. The van der Waals surface area contributed by atoms with Gasteiger partial charge in [-0.1, -0.05) is 12.1 Å². The molecular weight excluding hydrogens is 235 g/mol. The van der Waals surface area contributed by atoms with Crippen molar-refractivity contribution in [2.24, 2.45) is 11.7 Å². The summed E-state index contributed by atoms with van der Waals surface area (Å²) in [6.45, 7) is 1.63. The van der Waals surface area contributed by atoms with Gasteiger partial charge in [0.2, 0.25) is 0 Å². The van der Waals surface area contributed by atoms with E-state index >= 15 is 0 Å². The van der Waals surface area contributed by atoms with Crippen LogP contribution >= 0.6 is 0 Å². The van der Waals surface area contributed by atoms with Crippen LogP contribution < -0.4 is 5.73 Å². The lowest BCUT2D eigenvalue weighted by atomic mass is 10.1. The smallest absolute Gasteiger partial charge is 0.307 e. The Morgan fingerprint density at radius 3 is 2.67 bits per heavy atom. The molecule has 2 rings (SSSR count). The van der Waals surface area contributed by atoms with E-state index in [9.17, 15) is 9.18 Å². The molecule has 1 aromatic rings. The molecule has 5 heteroatoms. The van der Waals surface area contributed by atoms with Crippen LogP contribution in [0.25, 0.3) is 0 Å². The molecule has 1 saturated heterocycles. The largest absolute Gasteiger partial charge is 0.481 e. The molecule has 1 aromatic carbocycles. The van der Waals surface area contributed by atoms with Crippen molar-refractivity contribution in [1.82, 2.24) is 4.90 Å². The third-order valence-corrected chi connectivity index (χ3v) is 3.49. The van der Waals surface area contributed by atoms with Crippen LogP contribution in [0.4, 0.5) is 4.39 Å². The summed E-state index contributed by atoms with van der Waals surface area (Å²) in [5, 5.41) is 8.98. The number of nitrogens with zero attached hydrogens (tertiary/aromatic N) is 1. The van der Waals surface area contributed by atoms with Gasteiger partial charge < -0.3 is 10.8 Å². The topological polar surface area (TPSA) is 66.6 Å². The van der Waals surface area contributed by atoms with Crippen molar-refractivity contribution >= 4 is 5.97 Å². The number of carbonyl (C=O) groups is 1. The first-order chi connectivity index (χ1) is 8.61. The van der Waals surface area contributed by atoms with E-state index < -0.39 is 5.97 Å². The highest BCUT2D eigenvalue weighted by Crippen LogP contribution is 2.27. The summed E-state index contributed by atoms with van der Waals surface area (Å²) >= 11 is 0. The van der Waals surface area contributed by atoms with Gasteiger partial charge in [0.05, 0.1) is 5.92 Å². The fourth-order valence-electron chi connectivity index (χ4n) is 2.45.